The Morgan fingerprint density at radius 2 is 1.86 bits per heavy atom. The van der Waals surface area contributed by atoms with Gasteiger partial charge in [0.25, 0.3) is 11.2 Å². The number of hydrazone groups is 1. The molecule has 0 bridgehead atoms. The van der Waals surface area contributed by atoms with E-state index in [0.29, 0.717) is 34.2 Å². The van der Waals surface area contributed by atoms with Crippen molar-refractivity contribution in [2.24, 2.45) is 5.10 Å². The molecule has 0 aliphatic carbocycles. The molecule has 174 valence electrons. The number of hydrogen-bond acceptors (Lipinski definition) is 5. The third kappa shape index (κ3) is 4.15. The first kappa shape index (κ1) is 22.7. The van der Waals surface area contributed by atoms with E-state index >= 15 is 0 Å². The van der Waals surface area contributed by atoms with Gasteiger partial charge in [-0.2, -0.15) is 5.10 Å². The van der Waals surface area contributed by atoms with E-state index in [9.17, 15) is 19.7 Å². The second-order valence-electron chi connectivity index (χ2n) is 8.24. The van der Waals surface area contributed by atoms with Crippen molar-refractivity contribution in [3.8, 4) is 11.1 Å². The van der Waals surface area contributed by atoms with Crippen molar-refractivity contribution < 1.29 is 9.72 Å². The molecule has 8 nitrogen and oxygen atoms in total. The molecule has 0 unspecified atom stereocenters. The van der Waals surface area contributed by atoms with Crippen molar-refractivity contribution in [1.82, 2.24) is 9.99 Å². The lowest BCUT2D eigenvalue weighted by Gasteiger charge is -2.20. The molecule has 4 aromatic rings. The fraction of sp³-hybridized carbons (Fsp3) is 0.115. The van der Waals surface area contributed by atoms with Crippen LogP contribution in [0, 0.1) is 10.1 Å². The molecule has 0 spiro atoms. The van der Waals surface area contributed by atoms with Crippen LogP contribution in [0.4, 0.5) is 5.69 Å². The normalized spacial score (nSPS) is 15.3. The van der Waals surface area contributed by atoms with Crippen molar-refractivity contribution in [3.05, 3.63) is 109 Å². The van der Waals surface area contributed by atoms with Gasteiger partial charge >= 0.3 is 0 Å². The van der Waals surface area contributed by atoms with Crippen LogP contribution in [0.3, 0.4) is 0 Å². The quantitative estimate of drug-likeness (QED) is 0.275. The number of nitrogens with zero attached hydrogens (tertiary/aromatic N) is 3. The molecule has 2 heterocycles. The van der Waals surface area contributed by atoms with E-state index < -0.39 is 4.92 Å². The van der Waals surface area contributed by atoms with Gasteiger partial charge in [-0.15, -0.1) is 0 Å². The molecule has 1 aliphatic heterocycles. The first-order chi connectivity index (χ1) is 16.8. The van der Waals surface area contributed by atoms with Crippen LogP contribution in [0.2, 0.25) is 0 Å². The summed E-state index contributed by atoms with van der Waals surface area (Å²) in [6.45, 7) is 1.43. The van der Waals surface area contributed by atoms with E-state index in [-0.39, 0.29) is 23.2 Å². The number of pyridine rings is 1. The number of carbonyl (C=O) groups is 1. The van der Waals surface area contributed by atoms with Crippen LogP contribution in [0.15, 0.2) is 87.2 Å². The highest BCUT2D eigenvalue weighted by Crippen LogP contribution is 2.38. The maximum atomic E-state index is 13.4. The summed E-state index contributed by atoms with van der Waals surface area (Å²) < 4.78 is 0.868. The van der Waals surface area contributed by atoms with Crippen LogP contribution in [0.5, 0.6) is 0 Å². The molecule has 1 amide bonds. The number of hydrogen-bond donors (Lipinski definition) is 1. The molecule has 35 heavy (non-hydrogen) atoms. The average Bonchev–Trinajstić information content (AvgIpc) is 3.29. The van der Waals surface area contributed by atoms with Crippen molar-refractivity contribution in [2.45, 2.75) is 19.4 Å². The number of aromatic nitrogens is 1. The molecule has 0 radical (unpaired) electrons. The Balaban J connectivity index is 1.76. The summed E-state index contributed by atoms with van der Waals surface area (Å²) in [5.74, 6) is -0.251. The van der Waals surface area contributed by atoms with Gasteiger partial charge in [-0.25, -0.2) is 5.01 Å². The van der Waals surface area contributed by atoms with Crippen LogP contribution < -0.4 is 5.56 Å². The van der Waals surface area contributed by atoms with E-state index in [2.05, 4.69) is 26.0 Å². The van der Waals surface area contributed by atoms with Gasteiger partial charge in [0.1, 0.15) is 0 Å². The minimum Gasteiger partial charge on any atom is -0.321 e. The number of nitro groups is 1. The van der Waals surface area contributed by atoms with Gasteiger partial charge in [0.15, 0.2) is 0 Å². The smallest absolute Gasteiger partial charge is 0.270 e. The van der Waals surface area contributed by atoms with Crippen LogP contribution in [-0.4, -0.2) is 26.5 Å². The fourth-order valence-corrected chi connectivity index (χ4v) is 4.92. The van der Waals surface area contributed by atoms with E-state index in [1.165, 1.54) is 30.1 Å². The molecule has 1 atom stereocenters. The van der Waals surface area contributed by atoms with Crippen LogP contribution >= 0.6 is 15.9 Å². The molecule has 0 saturated carbocycles. The number of aromatic amines is 1. The average molecular weight is 531 g/mol. The largest absolute Gasteiger partial charge is 0.321 e. The predicted octanol–water partition coefficient (Wildman–Crippen LogP) is 5.56. The standard InChI is InChI=1S/C26H19BrN4O4/c1-15(32)30-23(17-8-5-9-18(27)12-17)14-22(29-30)25-24(16-6-3-2-4-7-16)20-13-19(31(34)35)10-11-21(20)28-26(25)33/h2-13,23H,14H2,1H3,(H,28,33)/t23-/m1/s1. The number of non-ortho nitro benzene ring substituents is 1. The molecule has 1 aliphatic rings. The maximum absolute atomic E-state index is 13.4. The number of carbonyl (C=O) groups excluding carboxylic acids is 1. The lowest BCUT2D eigenvalue weighted by Crippen LogP contribution is -2.24. The minimum absolute atomic E-state index is 0.0848. The Bertz CT molecular complexity index is 1580. The number of nitro benzene ring substituents is 1. The number of benzene rings is 3. The van der Waals surface area contributed by atoms with Crippen LogP contribution in [-0.2, 0) is 4.79 Å². The summed E-state index contributed by atoms with van der Waals surface area (Å²) in [4.78, 5) is 39.8. The van der Waals surface area contributed by atoms with Gasteiger partial charge < -0.3 is 4.98 Å². The van der Waals surface area contributed by atoms with Crippen molar-refractivity contribution >= 4 is 44.1 Å². The van der Waals surface area contributed by atoms with E-state index in [4.69, 9.17) is 0 Å². The number of halogens is 1. The monoisotopic (exact) mass is 530 g/mol. The fourth-order valence-electron chi connectivity index (χ4n) is 4.50. The molecule has 9 heteroatoms. The summed E-state index contributed by atoms with van der Waals surface area (Å²) in [6, 6.07) is 20.8. The molecule has 5 rings (SSSR count). The summed E-state index contributed by atoms with van der Waals surface area (Å²) in [7, 11) is 0. The SMILES string of the molecule is CC(=O)N1N=C(c2c(-c3ccccc3)c3cc([N+](=O)[O-])ccc3[nH]c2=O)C[C@@H]1c1cccc(Br)c1. The second kappa shape index (κ2) is 8.92. The summed E-state index contributed by atoms with van der Waals surface area (Å²) in [5, 5.41) is 18.0. The summed E-state index contributed by atoms with van der Waals surface area (Å²) >= 11 is 3.47. The highest BCUT2D eigenvalue weighted by atomic mass is 79.9. The Hall–Kier alpha value is -4.11. The Labute approximate surface area is 208 Å². The van der Waals surface area contributed by atoms with Crippen LogP contribution in [0.1, 0.15) is 30.5 Å². The van der Waals surface area contributed by atoms with Crippen molar-refractivity contribution in [1.29, 1.82) is 0 Å². The van der Waals surface area contributed by atoms with E-state index in [1.54, 1.807) is 0 Å². The summed E-state index contributed by atoms with van der Waals surface area (Å²) in [6.07, 6.45) is 0.319. The van der Waals surface area contributed by atoms with Crippen LogP contribution in [0.25, 0.3) is 22.0 Å². The third-order valence-electron chi connectivity index (χ3n) is 6.03. The second-order valence-corrected chi connectivity index (χ2v) is 9.16. The number of fused-ring (bicyclic) bond motifs is 1. The zero-order valence-corrected chi connectivity index (χ0v) is 20.2. The number of H-pyrrole nitrogens is 1. The van der Waals surface area contributed by atoms with Gasteiger partial charge in [0.2, 0.25) is 5.91 Å². The number of nitrogens with one attached hydrogen (secondary N) is 1. The number of rotatable bonds is 4. The van der Waals surface area contributed by atoms with Gasteiger partial charge in [0, 0.05) is 46.4 Å². The highest BCUT2D eigenvalue weighted by molar-refractivity contribution is 9.10. The molecule has 0 saturated heterocycles. The Morgan fingerprint density at radius 1 is 1.09 bits per heavy atom. The molecular formula is C26H19BrN4O4. The molecule has 1 aromatic heterocycles. The summed E-state index contributed by atoms with van der Waals surface area (Å²) in [5.41, 5.74) is 2.91. The lowest BCUT2D eigenvalue weighted by atomic mass is 9.91. The highest BCUT2D eigenvalue weighted by Gasteiger charge is 2.34. The maximum Gasteiger partial charge on any atom is 0.270 e. The first-order valence-corrected chi connectivity index (χ1v) is 11.7. The number of amides is 1. The predicted molar refractivity (Wildman–Crippen MR) is 137 cm³/mol. The van der Waals surface area contributed by atoms with Gasteiger partial charge in [-0.1, -0.05) is 58.4 Å². The molecular weight excluding hydrogens is 512 g/mol. The van der Waals surface area contributed by atoms with Crippen molar-refractivity contribution in [3.63, 3.8) is 0 Å². The zero-order chi connectivity index (χ0) is 24.7. The third-order valence-corrected chi connectivity index (χ3v) is 6.52. The first-order valence-electron chi connectivity index (χ1n) is 10.9. The van der Waals surface area contributed by atoms with E-state index in [0.717, 1.165) is 15.6 Å². The van der Waals surface area contributed by atoms with E-state index in [1.807, 2.05) is 54.6 Å². The van der Waals surface area contributed by atoms with Gasteiger partial charge in [0.05, 0.1) is 22.2 Å². The minimum atomic E-state index is -0.465. The Kier molecular flexibility index (Phi) is 5.78. The lowest BCUT2D eigenvalue weighted by molar-refractivity contribution is -0.384. The Morgan fingerprint density at radius 3 is 2.54 bits per heavy atom. The topological polar surface area (TPSA) is 109 Å². The molecule has 0 fully saturated rings. The van der Waals surface area contributed by atoms with Gasteiger partial charge in [-0.3, -0.25) is 19.7 Å². The zero-order valence-electron chi connectivity index (χ0n) is 18.6. The van der Waals surface area contributed by atoms with Crippen molar-refractivity contribution in [2.75, 3.05) is 0 Å². The molecule has 3 aromatic carbocycles. The van der Waals surface area contributed by atoms with Gasteiger partial charge in [-0.05, 0) is 29.3 Å². The molecule has 1 N–H and O–H groups in total.